The molecule has 0 fully saturated rings. The number of carboxylic acids is 1. The summed E-state index contributed by atoms with van der Waals surface area (Å²) in [5, 5.41) is 72.9. The summed E-state index contributed by atoms with van der Waals surface area (Å²) in [4.78, 5) is 62.3. The summed E-state index contributed by atoms with van der Waals surface area (Å²) in [5.74, 6) is -1.47. The number of amides is 2. The Morgan fingerprint density at radius 3 is 1.08 bits per heavy atom. The number of nitrogens with zero attached hydrogens (tertiary/aromatic N) is 12. The van der Waals surface area contributed by atoms with E-state index in [0.29, 0.717) is 117 Å². The Morgan fingerprint density at radius 2 is 0.738 bits per heavy atom. The number of carboxylic acid groups (broad SMARTS) is 1. The second-order valence-electron chi connectivity index (χ2n) is 23.0. The lowest BCUT2D eigenvalue weighted by molar-refractivity contribution is 0.0696. The van der Waals surface area contributed by atoms with Crippen LogP contribution in [0.3, 0.4) is 0 Å². The van der Waals surface area contributed by atoms with Crippen molar-refractivity contribution in [3.05, 3.63) is 297 Å². The third-order valence-electron chi connectivity index (χ3n) is 16.0. The molecule has 9 heterocycles. The van der Waals surface area contributed by atoms with Gasteiger partial charge in [0.2, 0.25) is 0 Å². The lowest BCUT2D eigenvalue weighted by atomic mass is 10.0. The van der Waals surface area contributed by atoms with Gasteiger partial charge >= 0.3 is 5.97 Å². The number of nitrogens with two attached hydrogens (primary N) is 1. The fourth-order valence-corrected chi connectivity index (χ4v) is 12.3. The molecule has 103 heavy (non-hydrogen) atoms. The van der Waals surface area contributed by atoms with Crippen LogP contribution in [0.5, 0.6) is 0 Å². The Hall–Kier alpha value is -12.0. The predicted octanol–water partition coefficient (Wildman–Crippen LogP) is 15.5. The maximum atomic E-state index is 12.8. The third-order valence-corrected chi connectivity index (χ3v) is 17.3. The van der Waals surface area contributed by atoms with E-state index in [1.807, 2.05) is 60.7 Å². The van der Waals surface area contributed by atoms with Gasteiger partial charge in [-0.3, -0.25) is 54.8 Å². The van der Waals surface area contributed by atoms with E-state index in [-0.39, 0.29) is 30.5 Å². The van der Waals surface area contributed by atoms with E-state index in [2.05, 4.69) is 89.3 Å². The SMILES string of the molecule is N#Cc1cc(Cc2cc(C(=O)NCc3[nH]nc4ccc(Cl)cc34)ccn2)cc2cc(Cl)cnc12.N#Cc1cc(Cc2cc(C(=O)NCc3[nH]nc4ccc(Cl)cc34)ccn2)cc2cc(Cl)cnc12.N#Cc1cc(Cc2cc(C(=O)O)ccn2)cc2cc(Cl)cnc12.NCc1[nH]nc2ccc(Cl)cc12. The second kappa shape index (κ2) is 32.1. The highest BCUT2D eigenvalue weighted by Crippen LogP contribution is 2.29. The summed E-state index contributed by atoms with van der Waals surface area (Å²) in [6.07, 6.45) is 10.5. The lowest BCUT2D eigenvalue weighted by Gasteiger charge is -2.08. The molecule has 0 aliphatic carbocycles. The highest BCUT2D eigenvalue weighted by Gasteiger charge is 2.17. The van der Waals surface area contributed by atoms with Gasteiger partial charge in [0.25, 0.3) is 11.8 Å². The van der Waals surface area contributed by atoms with Crippen LogP contribution >= 0.6 is 69.6 Å². The molecule has 8 N–H and O–H groups in total. The molecule has 6 aromatic carbocycles. The van der Waals surface area contributed by atoms with Crippen LogP contribution in [0.2, 0.25) is 30.1 Å². The molecule has 0 bridgehead atoms. The van der Waals surface area contributed by atoms with Gasteiger partial charge in [-0.05, 0) is 162 Å². The number of carbonyl (C=O) groups excluding carboxylic acids is 2. The molecule has 0 spiro atoms. The van der Waals surface area contributed by atoms with Crippen molar-refractivity contribution in [2.24, 2.45) is 5.73 Å². The van der Waals surface area contributed by atoms with E-state index in [1.165, 1.54) is 36.9 Å². The summed E-state index contributed by atoms with van der Waals surface area (Å²) in [5.41, 5.74) is 19.3. The van der Waals surface area contributed by atoms with Gasteiger partial charge < -0.3 is 21.5 Å². The molecule has 506 valence electrons. The van der Waals surface area contributed by atoms with Gasteiger partial charge in [0.15, 0.2) is 0 Å². The summed E-state index contributed by atoms with van der Waals surface area (Å²) in [7, 11) is 0. The van der Waals surface area contributed by atoms with Crippen LogP contribution in [0.15, 0.2) is 183 Å². The topological polar surface area (TPSA) is 356 Å². The number of nitriles is 3. The Kier molecular flexibility index (Phi) is 22.1. The van der Waals surface area contributed by atoms with Crippen molar-refractivity contribution in [1.82, 2.24) is 71.1 Å². The number of H-pyrrole nitrogens is 3. The van der Waals surface area contributed by atoms with Gasteiger partial charge in [-0.2, -0.15) is 31.1 Å². The quantitative estimate of drug-likeness (QED) is 0.0532. The number of hydrogen-bond acceptors (Lipinski definition) is 16. The van der Waals surface area contributed by atoms with E-state index in [0.717, 1.165) is 82.6 Å². The number of aromatic nitrogens is 12. The second-order valence-corrected chi connectivity index (χ2v) is 25.7. The monoisotopic (exact) mass is 1480 g/mol. The average Bonchev–Trinajstić information content (AvgIpc) is 1.78. The molecular weight excluding hydrogens is 1430 g/mol. The first-order chi connectivity index (χ1) is 49.9. The number of hydrogen-bond donors (Lipinski definition) is 7. The molecular formula is C75H50Cl6N18O4. The minimum atomic E-state index is -0.999. The standard InChI is InChI=1S/2C25H16Cl2N6O.C17H10ClN3O2.C8H8ClN3/c2*26-18-1-2-22-21(10-18)23(33-32-22)13-31-25(34)15-3-4-29-20(9-15)7-14-5-16-8-19(27)12-30-24(16)17(6-14)11-28;18-14-6-12-3-10(4-13(8-19)16(12)21-9-14)5-15-7-11(17(22)23)1-2-20-15;9-5-1-2-7-6(3-5)8(4-10)12-11-7/h2*1-6,8-10,12H,7,13H2,(H,31,34)(H,32,33);1-4,6-7,9H,5H2,(H,22,23);1-3H,4,10H2,(H,11,12). The number of rotatable bonds is 14. The van der Waals surface area contributed by atoms with E-state index in [9.17, 15) is 30.2 Å². The number of aromatic carboxylic acids is 1. The zero-order chi connectivity index (χ0) is 72.3. The maximum Gasteiger partial charge on any atom is 0.335 e. The molecule has 9 aromatic heterocycles. The van der Waals surface area contributed by atoms with Crippen LogP contribution in [-0.2, 0) is 38.9 Å². The molecule has 2 amide bonds. The molecule has 0 radical (unpaired) electrons. The van der Waals surface area contributed by atoms with Crippen molar-refractivity contribution in [3.63, 3.8) is 0 Å². The van der Waals surface area contributed by atoms with Gasteiger partial charge in [0, 0.05) is 139 Å². The number of fused-ring (bicyclic) bond motifs is 6. The van der Waals surface area contributed by atoms with Crippen LogP contribution in [0.4, 0.5) is 0 Å². The molecule has 28 heteroatoms. The maximum absolute atomic E-state index is 12.8. The van der Waals surface area contributed by atoms with Crippen molar-refractivity contribution in [2.45, 2.75) is 38.9 Å². The van der Waals surface area contributed by atoms with E-state index in [4.69, 9.17) is 80.4 Å². The normalized spacial score (nSPS) is 10.8. The Balaban J connectivity index is 0.000000137. The van der Waals surface area contributed by atoms with E-state index < -0.39 is 5.97 Å². The molecule has 0 aliphatic rings. The molecule has 0 atom stereocenters. The van der Waals surface area contributed by atoms with Gasteiger partial charge in [-0.1, -0.05) is 69.6 Å². The lowest BCUT2D eigenvalue weighted by Crippen LogP contribution is -2.23. The van der Waals surface area contributed by atoms with Crippen LogP contribution in [0, 0.1) is 34.0 Å². The minimum absolute atomic E-state index is 0.181. The van der Waals surface area contributed by atoms with Gasteiger partial charge in [0.05, 0.1) is 101 Å². The zero-order valence-electron chi connectivity index (χ0n) is 53.4. The van der Waals surface area contributed by atoms with Crippen molar-refractivity contribution >= 4 is 153 Å². The number of benzene rings is 6. The number of carbonyl (C=O) groups is 3. The molecule has 0 saturated heterocycles. The van der Waals surface area contributed by atoms with Crippen LogP contribution in [-0.4, -0.2) is 83.4 Å². The number of halogens is 6. The van der Waals surface area contributed by atoms with Gasteiger partial charge in [-0.25, -0.2) is 4.79 Å². The van der Waals surface area contributed by atoms with Crippen molar-refractivity contribution < 1.29 is 19.5 Å². The Bertz CT molecular complexity index is 5700. The number of pyridine rings is 6. The van der Waals surface area contributed by atoms with E-state index >= 15 is 0 Å². The molecule has 15 aromatic rings. The van der Waals surface area contributed by atoms with E-state index in [1.54, 1.807) is 85.2 Å². The van der Waals surface area contributed by atoms with Crippen molar-refractivity contribution in [2.75, 3.05) is 0 Å². The number of aromatic amines is 3. The van der Waals surface area contributed by atoms with Gasteiger partial charge in [0.1, 0.15) is 18.2 Å². The fourth-order valence-electron chi connectivity index (χ4n) is 11.3. The first-order valence-corrected chi connectivity index (χ1v) is 33.3. The van der Waals surface area contributed by atoms with Crippen molar-refractivity contribution in [3.8, 4) is 18.2 Å². The highest BCUT2D eigenvalue weighted by molar-refractivity contribution is 6.33. The van der Waals surface area contributed by atoms with Gasteiger partial charge in [-0.15, -0.1) is 0 Å². The zero-order valence-corrected chi connectivity index (χ0v) is 58.0. The third kappa shape index (κ3) is 17.2. The smallest absolute Gasteiger partial charge is 0.335 e. The first-order valence-electron chi connectivity index (χ1n) is 31.0. The highest BCUT2D eigenvalue weighted by atomic mass is 35.5. The Morgan fingerprint density at radius 1 is 0.408 bits per heavy atom. The van der Waals surface area contributed by atoms with Crippen LogP contribution < -0.4 is 16.4 Å². The largest absolute Gasteiger partial charge is 0.478 e. The van der Waals surface area contributed by atoms with Crippen LogP contribution in [0.1, 0.15) is 98.6 Å². The molecule has 15 rings (SSSR count). The Labute approximate surface area is 615 Å². The number of nitrogens with one attached hydrogen (secondary N) is 5. The summed E-state index contributed by atoms with van der Waals surface area (Å²) in [6, 6.07) is 48.9. The molecule has 22 nitrogen and oxygen atoms in total. The summed E-state index contributed by atoms with van der Waals surface area (Å²) in [6.45, 7) is 1.01. The molecule has 0 aliphatic heterocycles. The molecule has 0 unspecified atom stereocenters. The summed E-state index contributed by atoms with van der Waals surface area (Å²) < 4.78 is 0. The molecule has 0 saturated carbocycles. The first kappa shape index (κ1) is 70.8. The fraction of sp³-hybridized carbons (Fsp3) is 0.0800. The van der Waals surface area contributed by atoms with Crippen molar-refractivity contribution in [1.29, 1.82) is 15.8 Å². The van der Waals surface area contributed by atoms with Crippen LogP contribution in [0.25, 0.3) is 65.4 Å². The average molecular weight is 1480 g/mol. The predicted molar refractivity (Wildman–Crippen MR) is 396 cm³/mol. The minimum Gasteiger partial charge on any atom is -0.478 e. The summed E-state index contributed by atoms with van der Waals surface area (Å²) >= 11 is 36.1.